The van der Waals surface area contributed by atoms with E-state index < -0.39 is 5.54 Å². The quantitative estimate of drug-likeness (QED) is 0.842. The number of amides is 2. The van der Waals surface area contributed by atoms with E-state index in [-0.39, 0.29) is 35.5 Å². The number of hydrogen-bond acceptors (Lipinski definition) is 4. The Kier molecular flexibility index (Phi) is 4.68. The van der Waals surface area contributed by atoms with Gasteiger partial charge in [-0.25, -0.2) is 0 Å². The number of carbonyl (C=O) groups excluding carboxylic acids is 3. The summed E-state index contributed by atoms with van der Waals surface area (Å²) >= 11 is 0. The van der Waals surface area contributed by atoms with Crippen LogP contribution >= 0.6 is 0 Å². The van der Waals surface area contributed by atoms with Gasteiger partial charge in [0.2, 0.25) is 0 Å². The number of rotatable bonds is 5. The third-order valence-electron chi connectivity index (χ3n) is 4.50. The van der Waals surface area contributed by atoms with Crippen molar-refractivity contribution in [3.8, 4) is 0 Å². The van der Waals surface area contributed by atoms with Crippen molar-refractivity contribution in [2.24, 2.45) is 11.1 Å². The Balaban J connectivity index is 2.29. The minimum absolute atomic E-state index is 0.0756. The zero-order valence-corrected chi connectivity index (χ0v) is 15.1. The van der Waals surface area contributed by atoms with Crippen LogP contribution in [-0.4, -0.2) is 34.1 Å². The maximum absolute atomic E-state index is 12.7. The monoisotopic (exact) mass is 330 g/mol. The Hall–Kier alpha value is -2.01. The maximum Gasteiger partial charge on any atom is 0.261 e. The summed E-state index contributed by atoms with van der Waals surface area (Å²) in [5, 5.41) is 0. The van der Waals surface area contributed by atoms with Gasteiger partial charge in [0.05, 0.1) is 16.7 Å². The summed E-state index contributed by atoms with van der Waals surface area (Å²) in [6, 6.07) is 6.48. The number of fused-ring (bicyclic) bond motifs is 1. The molecule has 1 aromatic rings. The molecular weight excluding hydrogens is 304 g/mol. The minimum atomic E-state index is -0.912. The number of Topliss-reactive ketones (excluding diaryl/α,β-unsaturated/α-hetero) is 1. The zero-order valence-electron chi connectivity index (χ0n) is 15.1. The van der Waals surface area contributed by atoms with Gasteiger partial charge in [0.1, 0.15) is 0 Å². The van der Waals surface area contributed by atoms with Gasteiger partial charge in [0, 0.05) is 12.5 Å². The Morgan fingerprint density at radius 1 is 1.04 bits per heavy atom. The van der Waals surface area contributed by atoms with Crippen LogP contribution in [0.5, 0.6) is 0 Å². The number of nitrogens with zero attached hydrogens (tertiary/aromatic N) is 1. The minimum Gasteiger partial charge on any atom is -0.319 e. The molecule has 24 heavy (non-hydrogen) atoms. The summed E-state index contributed by atoms with van der Waals surface area (Å²) in [5.74, 6) is -0.640. The second kappa shape index (κ2) is 6.13. The van der Waals surface area contributed by atoms with Crippen LogP contribution in [-0.2, 0) is 4.79 Å². The highest BCUT2D eigenvalue weighted by Gasteiger charge is 2.44. The summed E-state index contributed by atoms with van der Waals surface area (Å²) in [6.07, 6.45) is 0.646. The number of imide groups is 1. The zero-order chi connectivity index (χ0) is 18.3. The summed E-state index contributed by atoms with van der Waals surface area (Å²) in [5.41, 5.74) is 5.47. The third kappa shape index (κ3) is 3.41. The summed E-state index contributed by atoms with van der Waals surface area (Å²) in [7, 11) is 0. The molecule has 130 valence electrons. The van der Waals surface area contributed by atoms with Gasteiger partial charge in [0.15, 0.2) is 5.78 Å². The maximum atomic E-state index is 12.7. The molecule has 1 unspecified atom stereocenters. The molecule has 5 heteroatoms. The molecule has 2 amide bonds. The molecule has 2 N–H and O–H groups in total. The Morgan fingerprint density at radius 3 is 1.88 bits per heavy atom. The van der Waals surface area contributed by atoms with E-state index in [9.17, 15) is 14.4 Å². The van der Waals surface area contributed by atoms with Crippen molar-refractivity contribution in [1.82, 2.24) is 4.90 Å². The molecule has 0 saturated heterocycles. The molecule has 1 aliphatic heterocycles. The summed E-state index contributed by atoms with van der Waals surface area (Å²) in [6.45, 7) is 9.25. The molecule has 1 aliphatic rings. The first-order valence-electron chi connectivity index (χ1n) is 8.23. The molecule has 0 saturated carbocycles. The molecule has 0 radical (unpaired) electrons. The van der Waals surface area contributed by atoms with E-state index in [1.54, 1.807) is 38.1 Å². The standard InChI is InChI=1S/C19H26N2O3/c1-18(2,3)14(10-11-15(22)19(4,5)20)21-16(23)12-8-6-7-9-13(12)17(21)24/h6-9,14H,10-11,20H2,1-5H3. The first-order chi connectivity index (χ1) is 10.9. The fourth-order valence-corrected chi connectivity index (χ4v) is 3.03. The van der Waals surface area contributed by atoms with Crippen LogP contribution in [0.1, 0.15) is 68.2 Å². The van der Waals surface area contributed by atoms with Gasteiger partial charge >= 0.3 is 0 Å². The van der Waals surface area contributed by atoms with Crippen molar-refractivity contribution in [2.45, 2.75) is 59.0 Å². The topological polar surface area (TPSA) is 80.5 Å². The van der Waals surface area contributed by atoms with Gasteiger partial charge in [0.25, 0.3) is 11.8 Å². The first kappa shape index (κ1) is 18.3. The Bertz CT molecular complexity index is 646. The fourth-order valence-electron chi connectivity index (χ4n) is 3.03. The van der Waals surface area contributed by atoms with Crippen LogP contribution in [0.25, 0.3) is 0 Å². The van der Waals surface area contributed by atoms with Crippen molar-refractivity contribution in [1.29, 1.82) is 0 Å². The highest BCUT2D eigenvalue weighted by Crippen LogP contribution is 2.34. The lowest BCUT2D eigenvalue weighted by Crippen LogP contribution is -2.48. The van der Waals surface area contributed by atoms with Gasteiger partial charge in [-0.15, -0.1) is 0 Å². The van der Waals surface area contributed by atoms with Crippen molar-refractivity contribution in [2.75, 3.05) is 0 Å². The van der Waals surface area contributed by atoms with Crippen LogP contribution < -0.4 is 5.73 Å². The van der Waals surface area contributed by atoms with Crippen LogP contribution in [0.3, 0.4) is 0 Å². The number of hydrogen-bond donors (Lipinski definition) is 1. The number of benzene rings is 1. The van der Waals surface area contributed by atoms with E-state index in [1.165, 1.54) is 4.90 Å². The van der Waals surface area contributed by atoms with Crippen LogP contribution in [0.15, 0.2) is 24.3 Å². The molecule has 0 fully saturated rings. The van der Waals surface area contributed by atoms with Crippen LogP contribution in [0.4, 0.5) is 0 Å². The normalized spacial score (nSPS) is 16.3. The lowest BCUT2D eigenvalue weighted by molar-refractivity contribution is -0.123. The second-order valence-electron chi connectivity index (χ2n) is 8.09. The fraction of sp³-hybridized carbons (Fsp3) is 0.526. The van der Waals surface area contributed by atoms with Crippen molar-refractivity contribution < 1.29 is 14.4 Å². The SMILES string of the molecule is CC(C)(N)C(=O)CCC(N1C(=O)c2ccccc2C1=O)C(C)(C)C. The average molecular weight is 330 g/mol. The molecule has 0 aliphatic carbocycles. The van der Waals surface area contributed by atoms with E-state index in [0.717, 1.165) is 0 Å². The molecule has 0 aromatic heterocycles. The number of ketones is 1. The van der Waals surface area contributed by atoms with Crippen molar-refractivity contribution in [3.63, 3.8) is 0 Å². The van der Waals surface area contributed by atoms with Gasteiger partial charge in [-0.1, -0.05) is 32.9 Å². The number of carbonyl (C=O) groups is 3. The molecule has 2 rings (SSSR count). The van der Waals surface area contributed by atoms with Crippen molar-refractivity contribution >= 4 is 17.6 Å². The predicted octanol–water partition coefficient (Wildman–Crippen LogP) is 2.78. The third-order valence-corrected chi connectivity index (χ3v) is 4.50. The Labute approximate surface area is 143 Å². The smallest absolute Gasteiger partial charge is 0.261 e. The van der Waals surface area contributed by atoms with E-state index in [4.69, 9.17) is 5.73 Å². The van der Waals surface area contributed by atoms with Gasteiger partial charge in [-0.05, 0) is 37.8 Å². The van der Waals surface area contributed by atoms with Gasteiger partial charge in [-0.2, -0.15) is 0 Å². The van der Waals surface area contributed by atoms with Crippen LogP contribution in [0.2, 0.25) is 0 Å². The second-order valence-corrected chi connectivity index (χ2v) is 8.09. The molecule has 0 spiro atoms. The van der Waals surface area contributed by atoms with E-state index in [0.29, 0.717) is 17.5 Å². The van der Waals surface area contributed by atoms with E-state index in [1.807, 2.05) is 20.8 Å². The molecule has 1 atom stereocenters. The van der Waals surface area contributed by atoms with E-state index >= 15 is 0 Å². The molecule has 0 bridgehead atoms. The van der Waals surface area contributed by atoms with Gasteiger partial charge in [-0.3, -0.25) is 19.3 Å². The molecular formula is C19H26N2O3. The highest BCUT2D eigenvalue weighted by atomic mass is 16.2. The Morgan fingerprint density at radius 2 is 1.50 bits per heavy atom. The first-order valence-corrected chi connectivity index (χ1v) is 8.23. The lowest BCUT2D eigenvalue weighted by Gasteiger charge is -2.37. The summed E-state index contributed by atoms with van der Waals surface area (Å²) in [4.78, 5) is 39.0. The molecule has 5 nitrogen and oxygen atoms in total. The van der Waals surface area contributed by atoms with Gasteiger partial charge < -0.3 is 5.73 Å². The van der Waals surface area contributed by atoms with Crippen LogP contribution in [0, 0.1) is 5.41 Å². The number of nitrogens with two attached hydrogens (primary N) is 1. The lowest BCUT2D eigenvalue weighted by atomic mass is 9.81. The highest BCUT2D eigenvalue weighted by molar-refractivity contribution is 6.21. The average Bonchev–Trinajstić information content (AvgIpc) is 2.70. The largest absolute Gasteiger partial charge is 0.319 e. The molecule has 1 heterocycles. The van der Waals surface area contributed by atoms with Crippen molar-refractivity contribution in [3.05, 3.63) is 35.4 Å². The predicted molar refractivity (Wildman–Crippen MR) is 92.7 cm³/mol. The summed E-state index contributed by atoms with van der Waals surface area (Å²) < 4.78 is 0. The van der Waals surface area contributed by atoms with E-state index in [2.05, 4.69) is 0 Å². The molecule has 1 aromatic carbocycles.